The third-order valence-corrected chi connectivity index (χ3v) is 14.8. The van der Waals surface area contributed by atoms with E-state index < -0.39 is 0 Å². The van der Waals surface area contributed by atoms with E-state index in [2.05, 4.69) is 43.2 Å². The number of carbonyl (C=O) groups excluding carboxylic acids is 3. The minimum atomic E-state index is -0.286. The first-order valence-electron chi connectivity index (χ1n) is 18.3. The van der Waals surface area contributed by atoms with E-state index in [-0.39, 0.29) is 53.5 Å². The van der Waals surface area contributed by atoms with E-state index in [1.165, 1.54) is 12.8 Å². The van der Waals surface area contributed by atoms with Gasteiger partial charge in [-0.15, -0.1) is 0 Å². The van der Waals surface area contributed by atoms with Gasteiger partial charge in [0.05, 0.1) is 12.7 Å². The fourth-order valence-corrected chi connectivity index (χ4v) is 12.2. The van der Waals surface area contributed by atoms with Crippen LogP contribution < -0.4 is 10.6 Å². The fraction of sp³-hybridized carbons (Fsp3) is 0.917. The van der Waals surface area contributed by atoms with Crippen LogP contribution in [0.5, 0.6) is 0 Å². The van der Waals surface area contributed by atoms with Crippen LogP contribution in [0.25, 0.3) is 0 Å². The molecule has 4 aliphatic carbocycles. The summed E-state index contributed by atoms with van der Waals surface area (Å²) in [6, 6.07) is 0.105. The molecular formula is C36H58N4O5. The third-order valence-electron chi connectivity index (χ3n) is 14.8. The van der Waals surface area contributed by atoms with Gasteiger partial charge in [-0.1, -0.05) is 27.7 Å². The molecule has 7 aliphatic rings. The molecule has 3 N–H and O–H groups in total. The van der Waals surface area contributed by atoms with E-state index in [1.807, 2.05) is 0 Å². The minimum absolute atomic E-state index is 0.0867. The van der Waals surface area contributed by atoms with Crippen molar-refractivity contribution < 1.29 is 24.2 Å². The van der Waals surface area contributed by atoms with Crippen molar-refractivity contribution in [1.82, 2.24) is 20.4 Å². The van der Waals surface area contributed by atoms with E-state index >= 15 is 0 Å². The second-order valence-electron chi connectivity index (χ2n) is 16.8. The molecular weight excluding hydrogens is 568 g/mol. The number of amides is 2. The van der Waals surface area contributed by atoms with Gasteiger partial charge in [0, 0.05) is 69.0 Å². The number of rotatable bonds is 5. The zero-order valence-electron chi connectivity index (χ0n) is 28.2. The number of hydrogen-bond acceptors (Lipinski definition) is 7. The van der Waals surface area contributed by atoms with Crippen LogP contribution in [-0.2, 0) is 19.1 Å². The van der Waals surface area contributed by atoms with Gasteiger partial charge in [0.25, 0.3) is 0 Å². The molecule has 3 heterocycles. The largest absolute Gasteiger partial charge is 0.395 e. The van der Waals surface area contributed by atoms with Crippen molar-refractivity contribution in [2.24, 2.45) is 52.3 Å². The second-order valence-corrected chi connectivity index (χ2v) is 16.8. The van der Waals surface area contributed by atoms with E-state index in [9.17, 15) is 14.4 Å². The Hall–Kier alpha value is -1.55. The summed E-state index contributed by atoms with van der Waals surface area (Å²) in [5, 5.41) is 16.2. The summed E-state index contributed by atoms with van der Waals surface area (Å²) < 4.78 is 6.98. The van der Waals surface area contributed by atoms with Gasteiger partial charge in [0.15, 0.2) is 0 Å². The fourth-order valence-electron chi connectivity index (χ4n) is 12.2. The number of ketones is 1. The Morgan fingerprint density at radius 2 is 1.80 bits per heavy atom. The van der Waals surface area contributed by atoms with Crippen molar-refractivity contribution in [3.05, 3.63) is 0 Å². The number of ether oxygens (including phenoxy) is 1. The van der Waals surface area contributed by atoms with Gasteiger partial charge < -0.3 is 20.1 Å². The molecule has 2 amide bonds. The molecule has 0 bridgehead atoms. The quantitative estimate of drug-likeness (QED) is 0.402. The SMILES string of the molecule is C[C@@H]1CC[C@@]2(NC1)O[C@H]1C[C@H]3[C@@H]4CC[C@H]5CC(NC(=O)CC(=O)N6CCN(CCO)CC6)CC[C@]5(C)[C@H]4CC(=O)[C@]3(C)[C@H]1[C@@H]2C. The summed E-state index contributed by atoms with van der Waals surface area (Å²) in [5.41, 5.74) is -0.414. The van der Waals surface area contributed by atoms with Crippen molar-refractivity contribution in [3.63, 3.8) is 0 Å². The average Bonchev–Trinajstić information content (AvgIpc) is 3.46. The minimum Gasteiger partial charge on any atom is -0.395 e. The maximum atomic E-state index is 14.4. The van der Waals surface area contributed by atoms with E-state index in [4.69, 9.17) is 9.84 Å². The number of carbonyl (C=O) groups is 3. The number of Topliss-reactive ketones (excluding diaryl/α,β-unsaturated/α-hetero) is 1. The van der Waals surface area contributed by atoms with E-state index in [1.54, 1.807) is 4.90 Å². The molecule has 3 aliphatic heterocycles. The molecule has 4 saturated carbocycles. The van der Waals surface area contributed by atoms with E-state index in [0.717, 1.165) is 58.2 Å². The first kappa shape index (κ1) is 32.0. The molecule has 9 nitrogen and oxygen atoms in total. The van der Waals surface area contributed by atoms with Crippen LogP contribution in [0.1, 0.15) is 91.9 Å². The molecule has 45 heavy (non-hydrogen) atoms. The van der Waals surface area contributed by atoms with Gasteiger partial charge in [-0.25, -0.2) is 0 Å². The maximum absolute atomic E-state index is 14.4. The molecule has 12 atom stereocenters. The molecule has 3 saturated heterocycles. The molecule has 7 rings (SSSR count). The molecule has 0 aromatic heterocycles. The van der Waals surface area contributed by atoms with Crippen molar-refractivity contribution in [3.8, 4) is 0 Å². The van der Waals surface area contributed by atoms with Crippen LogP contribution in [0.3, 0.4) is 0 Å². The number of β-amino-alcohol motifs (C(OH)–C–C–N with tert-alkyl or cyclic N) is 1. The lowest BCUT2D eigenvalue weighted by atomic mass is 9.44. The summed E-state index contributed by atoms with van der Waals surface area (Å²) >= 11 is 0. The van der Waals surface area contributed by atoms with Crippen molar-refractivity contribution >= 4 is 17.6 Å². The van der Waals surface area contributed by atoms with Gasteiger partial charge in [0.1, 0.15) is 17.9 Å². The van der Waals surface area contributed by atoms with Crippen LogP contribution >= 0.6 is 0 Å². The number of piperazine rings is 1. The van der Waals surface area contributed by atoms with E-state index in [0.29, 0.717) is 73.3 Å². The van der Waals surface area contributed by atoms with Crippen molar-refractivity contribution in [1.29, 1.82) is 0 Å². The van der Waals surface area contributed by atoms with Crippen molar-refractivity contribution in [2.75, 3.05) is 45.9 Å². The van der Waals surface area contributed by atoms with Crippen LogP contribution in [0.15, 0.2) is 0 Å². The lowest BCUT2D eigenvalue weighted by Crippen LogP contribution is -2.60. The number of hydrogen-bond donors (Lipinski definition) is 3. The zero-order chi connectivity index (χ0) is 31.7. The first-order chi connectivity index (χ1) is 21.5. The maximum Gasteiger partial charge on any atom is 0.232 e. The molecule has 252 valence electrons. The van der Waals surface area contributed by atoms with Crippen LogP contribution in [-0.4, -0.2) is 96.3 Å². The molecule has 1 spiro atoms. The molecule has 0 aromatic carbocycles. The number of piperidine rings is 1. The lowest BCUT2D eigenvalue weighted by Gasteiger charge is -2.60. The highest BCUT2D eigenvalue weighted by molar-refractivity contribution is 5.97. The topological polar surface area (TPSA) is 111 Å². The Balaban J connectivity index is 0.967. The third kappa shape index (κ3) is 5.21. The number of fused-ring (bicyclic) bond motifs is 7. The Kier molecular flexibility index (Phi) is 8.43. The lowest BCUT2D eigenvalue weighted by molar-refractivity contribution is -0.160. The van der Waals surface area contributed by atoms with Gasteiger partial charge in [-0.05, 0) is 86.4 Å². The Morgan fingerprint density at radius 1 is 1.02 bits per heavy atom. The van der Waals surface area contributed by atoms with Gasteiger partial charge >= 0.3 is 0 Å². The second kappa shape index (κ2) is 11.9. The summed E-state index contributed by atoms with van der Waals surface area (Å²) in [6.45, 7) is 13.9. The van der Waals surface area contributed by atoms with Crippen LogP contribution in [0.2, 0.25) is 0 Å². The highest BCUT2D eigenvalue weighted by Gasteiger charge is 2.71. The first-order valence-corrected chi connectivity index (χ1v) is 18.3. The molecule has 0 aromatic rings. The van der Waals surface area contributed by atoms with Gasteiger partial charge in [-0.2, -0.15) is 0 Å². The smallest absolute Gasteiger partial charge is 0.232 e. The normalized spacial score (nSPS) is 48.0. The number of nitrogens with zero attached hydrogens (tertiary/aromatic N) is 2. The standard InChI is InChI=1S/C36H58N4O5/c1-22-7-10-36(37-21-22)23(2)33-29(45-36)18-28-26-6-5-24-17-25(8-9-34(24,3)27(26)19-30(42)35(28,33)4)38-31(43)20-32(44)40-13-11-39(12-14-40)15-16-41/h22-29,33,37,41H,5-21H2,1-4H3,(H,38,43)/t22-,23+,24+,25?,26-,27+,28+,29+,33+,34+,35-,36-/m1/s1. The monoisotopic (exact) mass is 626 g/mol. The molecule has 0 radical (unpaired) electrons. The summed E-state index contributed by atoms with van der Waals surface area (Å²) in [6.07, 6.45) is 9.32. The summed E-state index contributed by atoms with van der Waals surface area (Å²) in [7, 11) is 0. The Morgan fingerprint density at radius 3 is 2.51 bits per heavy atom. The summed E-state index contributed by atoms with van der Waals surface area (Å²) in [4.78, 5) is 44.2. The Labute approximate surface area is 269 Å². The van der Waals surface area contributed by atoms with Crippen molar-refractivity contribution in [2.45, 2.75) is 110 Å². The predicted molar refractivity (Wildman–Crippen MR) is 171 cm³/mol. The van der Waals surface area contributed by atoms with Crippen LogP contribution in [0.4, 0.5) is 0 Å². The highest BCUT2D eigenvalue weighted by atomic mass is 16.5. The number of nitrogens with one attached hydrogen (secondary N) is 2. The van der Waals surface area contributed by atoms with Crippen LogP contribution in [0, 0.1) is 52.3 Å². The van der Waals surface area contributed by atoms with Gasteiger partial charge in [0.2, 0.25) is 11.8 Å². The zero-order valence-corrected chi connectivity index (χ0v) is 28.2. The molecule has 9 heteroatoms. The average molecular weight is 627 g/mol. The molecule has 7 fully saturated rings. The predicted octanol–water partition coefficient (Wildman–Crippen LogP) is 3.20. The highest BCUT2D eigenvalue weighted by Crippen LogP contribution is 2.70. The number of aliphatic hydroxyl groups is 1. The Bertz CT molecular complexity index is 1160. The van der Waals surface area contributed by atoms with Gasteiger partial charge in [-0.3, -0.25) is 24.6 Å². The summed E-state index contributed by atoms with van der Waals surface area (Å²) in [5.74, 6) is 3.47. The number of aliphatic hydroxyl groups excluding tert-OH is 1. The molecule has 1 unspecified atom stereocenters.